The highest BCUT2D eigenvalue weighted by Crippen LogP contribution is 2.34. The second kappa shape index (κ2) is 8.06. The standard InChI is InChI=1S/C19H29N3O3/c1-15(2)16-3-4-18-17(13-16)22(10-12-25-18)14-19(24)21-7-5-20(6-8-21)9-11-23/h3-4,13,15,23H,5-12,14H2,1-2H3. The Morgan fingerprint density at radius 3 is 2.64 bits per heavy atom. The van der Waals surface area contributed by atoms with E-state index < -0.39 is 0 Å². The van der Waals surface area contributed by atoms with Crippen molar-refractivity contribution >= 4 is 11.6 Å². The summed E-state index contributed by atoms with van der Waals surface area (Å²) in [6.07, 6.45) is 0. The van der Waals surface area contributed by atoms with E-state index in [4.69, 9.17) is 9.84 Å². The number of hydrogen-bond acceptors (Lipinski definition) is 5. The van der Waals surface area contributed by atoms with Crippen LogP contribution >= 0.6 is 0 Å². The van der Waals surface area contributed by atoms with Crippen LogP contribution in [0.15, 0.2) is 18.2 Å². The molecule has 0 radical (unpaired) electrons. The summed E-state index contributed by atoms with van der Waals surface area (Å²) in [7, 11) is 0. The average Bonchev–Trinajstić information content (AvgIpc) is 2.62. The summed E-state index contributed by atoms with van der Waals surface area (Å²) >= 11 is 0. The SMILES string of the molecule is CC(C)c1ccc2c(c1)N(CC(=O)N1CCN(CCO)CC1)CCO2. The number of piperazine rings is 1. The first-order chi connectivity index (χ1) is 12.1. The second-order valence-corrected chi connectivity index (χ2v) is 7.10. The van der Waals surface area contributed by atoms with Gasteiger partial charge >= 0.3 is 0 Å². The molecule has 0 bridgehead atoms. The molecule has 1 aromatic rings. The maximum atomic E-state index is 12.7. The van der Waals surface area contributed by atoms with Gasteiger partial charge in [-0.25, -0.2) is 0 Å². The number of carbonyl (C=O) groups is 1. The maximum Gasteiger partial charge on any atom is 0.242 e. The number of hydrogen-bond donors (Lipinski definition) is 1. The normalized spacial score (nSPS) is 18.2. The lowest BCUT2D eigenvalue weighted by atomic mass is 10.0. The molecule has 2 aliphatic heterocycles. The zero-order valence-corrected chi connectivity index (χ0v) is 15.3. The third-order valence-electron chi connectivity index (χ3n) is 5.08. The van der Waals surface area contributed by atoms with E-state index in [1.165, 1.54) is 5.56 Å². The summed E-state index contributed by atoms with van der Waals surface area (Å²) in [5.41, 5.74) is 2.30. The number of anilines is 1. The van der Waals surface area contributed by atoms with Crippen molar-refractivity contribution in [2.75, 3.05) is 63.9 Å². The van der Waals surface area contributed by atoms with Crippen molar-refractivity contribution < 1.29 is 14.6 Å². The van der Waals surface area contributed by atoms with Crippen LogP contribution < -0.4 is 9.64 Å². The zero-order chi connectivity index (χ0) is 17.8. The zero-order valence-electron chi connectivity index (χ0n) is 15.3. The van der Waals surface area contributed by atoms with Crippen LogP contribution in [0.25, 0.3) is 0 Å². The Balaban J connectivity index is 1.64. The predicted molar refractivity (Wildman–Crippen MR) is 98.3 cm³/mol. The Labute approximate surface area is 150 Å². The predicted octanol–water partition coefficient (Wildman–Crippen LogP) is 1.15. The second-order valence-electron chi connectivity index (χ2n) is 7.10. The lowest BCUT2D eigenvalue weighted by molar-refractivity contribution is -0.131. The van der Waals surface area contributed by atoms with E-state index in [0.717, 1.165) is 44.2 Å². The monoisotopic (exact) mass is 347 g/mol. The van der Waals surface area contributed by atoms with Crippen LogP contribution in [0.3, 0.4) is 0 Å². The van der Waals surface area contributed by atoms with Gasteiger partial charge in [0, 0.05) is 32.7 Å². The van der Waals surface area contributed by atoms with Crippen LogP contribution in [0.5, 0.6) is 5.75 Å². The summed E-state index contributed by atoms with van der Waals surface area (Å²) in [4.78, 5) is 19.0. The molecule has 1 fully saturated rings. The molecule has 1 N–H and O–H groups in total. The number of aliphatic hydroxyl groups is 1. The van der Waals surface area contributed by atoms with Crippen molar-refractivity contribution in [2.45, 2.75) is 19.8 Å². The highest BCUT2D eigenvalue weighted by atomic mass is 16.5. The molecule has 0 unspecified atom stereocenters. The van der Waals surface area contributed by atoms with Crippen molar-refractivity contribution in [3.05, 3.63) is 23.8 Å². The lowest BCUT2D eigenvalue weighted by Crippen LogP contribution is -2.52. The van der Waals surface area contributed by atoms with E-state index in [1.807, 2.05) is 11.0 Å². The van der Waals surface area contributed by atoms with Crippen LogP contribution in [0.4, 0.5) is 5.69 Å². The largest absolute Gasteiger partial charge is 0.490 e. The molecule has 3 rings (SSSR count). The van der Waals surface area contributed by atoms with Crippen LogP contribution in [-0.4, -0.2) is 79.8 Å². The molecule has 0 atom stereocenters. The van der Waals surface area contributed by atoms with E-state index >= 15 is 0 Å². The summed E-state index contributed by atoms with van der Waals surface area (Å²) in [6, 6.07) is 6.29. The number of amides is 1. The topological polar surface area (TPSA) is 56.3 Å². The van der Waals surface area contributed by atoms with Gasteiger partial charge in [-0.2, -0.15) is 0 Å². The third-order valence-corrected chi connectivity index (χ3v) is 5.08. The number of fused-ring (bicyclic) bond motifs is 1. The van der Waals surface area contributed by atoms with Gasteiger partial charge in [-0.1, -0.05) is 19.9 Å². The summed E-state index contributed by atoms with van der Waals surface area (Å²) in [6.45, 7) is 10.1. The fourth-order valence-corrected chi connectivity index (χ4v) is 3.44. The minimum atomic E-state index is 0.173. The number of nitrogens with zero attached hydrogens (tertiary/aromatic N) is 3. The van der Waals surface area contributed by atoms with Gasteiger partial charge < -0.3 is 19.6 Å². The van der Waals surface area contributed by atoms with Gasteiger partial charge in [0.15, 0.2) is 0 Å². The fraction of sp³-hybridized carbons (Fsp3) is 0.632. The van der Waals surface area contributed by atoms with Crippen LogP contribution in [0.2, 0.25) is 0 Å². The van der Waals surface area contributed by atoms with Crippen molar-refractivity contribution in [1.29, 1.82) is 0 Å². The van der Waals surface area contributed by atoms with Gasteiger partial charge in [0.05, 0.1) is 25.4 Å². The smallest absolute Gasteiger partial charge is 0.242 e. The molecule has 0 spiro atoms. The first-order valence-electron chi connectivity index (χ1n) is 9.21. The molecule has 6 heteroatoms. The van der Waals surface area contributed by atoms with Crippen molar-refractivity contribution in [3.63, 3.8) is 0 Å². The first kappa shape index (κ1) is 18.0. The number of ether oxygens (including phenoxy) is 1. The molecule has 25 heavy (non-hydrogen) atoms. The quantitative estimate of drug-likeness (QED) is 0.866. The number of carbonyl (C=O) groups excluding carboxylic acids is 1. The van der Waals surface area contributed by atoms with E-state index in [-0.39, 0.29) is 12.5 Å². The third kappa shape index (κ3) is 4.25. The molecular weight excluding hydrogens is 318 g/mol. The number of β-amino-alcohol motifs (C(OH)–C–C–N with tert-alkyl or cyclic N) is 1. The van der Waals surface area contributed by atoms with E-state index in [0.29, 0.717) is 25.6 Å². The molecule has 1 saturated heterocycles. The minimum Gasteiger partial charge on any atom is -0.490 e. The Morgan fingerprint density at radius 2 is 1.96 bits per heavy atom. The summed E-state index contributed by atoms with van der Waals surface area (Å²) in [5, 5.41) is 9.02. The van der Waals surface area contributed by atoms with Gasteiger partial charge in [-0.05, 0) is 23.6 Å². The van der Waals surface area contributed by atoms with Crippen molar-refractivity contribution in [3.8, 4) is 5.75 Å². The van der Waals surface area contributed by atoms with Gasteiger partial charge in [-0.15, -0.1) is 0 Å². The number of aliphatic hydroxyl groups excluding tert-OH is 1. The molecule has 0 saturated carbocycles. The summed E-state index contributed by atoms with van der Waals surface area (Å²) < 4.78 is 5.76. The molecule has 0 aliphatic carbocycles. The molecule has 0 aromatic heterocycles. The Morgan fingerprint density at radius 1 is 1.20 bits per heavy atom. The number of benzene rings is 1. The van der Waals surface area contributed by atoms with Crippen molar-refractivity contribution in [1.82, 2.24) is 9.80 Å². The van der Waals surface area contributed by atoms with Crippen LogP contribution in [0.1, 0.15) is 25.3 Å². The molecule has 138 valence electrons. The molecule has 6 nitrogen and oxygen atoms in total. The Hall–Kier alpha value is -1.79. The van der Waals surface area contributed by atoms with Gasteiger partial charge in [0.25, 0.3) is 0 Å². The Kier molecular flexibility index (Phi) is 5.81. The van der Waals surface area contributed by atoms with E-state index in [9.17, 15) is 4.79 Å². The van der Waals surface area contributed by atoms with Gasteiger partial charge in [0.1, 0.15) is 12.4 Å². The van der Waals surface area contributed by atoms with E-state index in [1.54, 1.807) is 0 Å². The maximum absolute atomic E-state index is 12.7. The molecule has 2 aliphatic rings. The van der Waals surface area contributed by atoms with Crippen molar-refractivity contribution in [2.24, 2.45) is 0 Å². The highest BCUT2D eigenvalue weighted by Gasteiger charge is 2.25. The molecule has 2 heterocycles. The first-order valence-corrected chi connectivity index (χ1v) is 9.21. The molecule has 1 aromatic carbocycles. The van der Waals surface area contributed by atoms with E-state index in [2.05, 4.69) is 35.8 Å². The molecular formula is C19H29N3O3. The van der Waals surface area contributed by atoms with Crippen LogP contribution in [-0.2, 0) is 4.79 Å². The highest BCUT2D eigenvalue weighted by molar-refractivity contribution is 5.82. The minimum absolute atomic E-state index is 0.173. The Bertz CT molecular complexity index is 598. The fourth-order valence-electron chi connectivity index (χ4n) is 3.44. The van der Waals surface area contributed by atoms with Crippen LogP contribution in [0, 0.1) is 0 Å². The van der Waals surface area contributed by atoms with Gasteiger partial charge in [-0.3, -0.25) is 9.69 Å². The molecule has 1 amide bonds. The summed E-state index contributed by atoms with van der Waals surface area (Å²) in [5.74, 6) is 1.49. The number of rotatable bonds is 5. The lowest BCUT2D eigenvalue weighted by Gasteiger charge is -2.37. The van der Waals surface area contributed by atoms with Gasteiger partial charge in [0.2, 0.25) is 5.91 Å². The average molecular weight is 347 g/mol.